The van der Waals surface area contributed by atoms with Gasteiger partial charge in [-0.3, -0.25) is 0 Å². The van der Waals surface area contributed by atoms with Crippen LogP contribution in [-0.2, 0) is 19.0 Å². The van der Waals surface area contributed by atoms with Gasteiger partial charge in [0.15, 0.2) is 18.5 Å². The summed E-state index contributed by atoms with van der Waals surface area (Å²) in [5.74, 6) is -1.15. The van der Waals surface area contributed by atoms with E-state index in [1.54, 1.807) is 0 Å². The first-order valence-corrected chi connectivity index (χ1v) is 6.94. The molecule has 0 aromatic rings. The fourth-order valence-corrected chi connectivity index (χ4v) is 2.36. The quantitative estimate of drug-likeness (QED) is 0.242. The molecule has 0 saturated carbocycles. The number of rotatable bonds is 4. The molecule has 2 aliphatic heterocycles. The van der Waals surface area contributed by atoms with Gasteiger partial charge in [0.05, 0.1) is 13.2 Å². The highest BCUT2D eigenvalue weighted by molar-refractivity contribution is 5.76. The molecule has 23 heavy (non-hydrogen) atoms. The van der Waals surface area contributed by atoms with Crippen LogP contribution in [0.25, 0.3) is 0 Å². The molecule has 0 radical (unpaired) electrons. The molecule has 2 aliphatic rings. The highest BCUT2D eigenvalue weighted by Gasteiger charge is 2.47. The second-order valence-corrected chi connectivity index (χ2v) is 5.43. The van der Waals surface area contributed by atoms with Crippen molar-refractivity contribution in [2.75, 3.05) is 13.2 Å². The summed E-state index contributed by atoms with van der Waals surface area (Å²) >= 11 is 0. The number of aliphatic hydroxyl groups is 7. The molecule has 0 aromatic carbocycles. The van der Waals surface area contributed by atoms with Crippen LogP contribution in [0.1, 0.15) is 0 Å². The van der Waals surface area contributed by atoms with Gasteiger partial charge in [0, 0.05) is 0 Å². The zero-order chi connectivity index (χ0) is 17.3. The molecule has 2 fully saturated rings. The first kappa shape index (κ1) is 18.4. The number of cyclic esters (lactones) is 1. The van der Waals surface area contributed by atoms with Crippen molar-refractivity contribution in [1.29, 1.82) is 0 Å². The normalized spacial score (nSPS) is 48.1. The molecule has 0 spiro atoms. The maximum Gasteiger partial charge on any atom is 0.338 e. The van der Waals surface area contributed by atoms with E-state index in [9.17, 15) is 35.4 Å². The predicted octanol–water partition coefficient (Wildman–Crippen LogP) is -5.19. The van der Waals surface area contributed by atoms with Crippen molar-refractivity contribution >= 4 is 5.97 Å². The van der Waals surface area contributed by atoms with Gasteiger partial charge in [-0.15, -0.1) is 0 Å². The van der Waals surface area contributed by atoms with Crippen LogP contribution in [0.3, 0.4) is 0 Å². The average molecular weight is 340 g/mol. The monoisotopic (exact) mass is 340 g/mol. The van der Waals surface area contributed by atoms with Crippen molar-refractivity contribution in [3.8, 4) is 0 Å². The Morgan fingerprint density at radius 3 is 2.09 bits per heavy atom. The van der Waals surface area contributed by atoms with Crippen LogP contribution in [-0.4, -0.2) is 110 Å². The fourth-order valence-electron chi connectivity index (χ4n) is 2.36. The Morgan fingerprint density at radius 1 is 0.870 bits per heavy atom. The summed E-state index contributed by atoms with van der Waals surface area (Å²) in [7, 11) is 0. The largest absolute Gasteiger partial charge is 0.455 e. The molecule has 0 bridgehead atoms. The summed E-state index contributed by atoms with van der Waals surface area (Å²) in [6.07, 6.45) is -14.1. The number of carbonyl (C=O) groups is 1. The zero-order valence-electron chi connectivity index (χ0n) is 11.9. The predicted molar refractivity (Wildman–Crippen MR) is 67.6 cm³/mol. The second kappa shape index (κ2) is 7.34. The minimum atomic E-state index is -1.88. The van der Waals surface area contributed by atoms with E-state index in [-0.39, 0.29) is 0 Å². The molecule has 7 N–H and O–H groups in total. The van der Waals surface area contributed by atoms with Gasteiger partial charge in [0.1, 0.15) is 36.6 Å². The first-order chi connectivity index (χ1) is 10.8. The maximum absolute atomic E-state index is 11.3. The van der Waals surface area contributed by atoms with Crippen LogP contribution >= 0.6 is 0 Å². The molecule has 0 aromatic heterocycles. The minimum Gasteiger partial charge on any atom is -0.455 e. The van der Waals surface area contributed by atoms with Crippen LogP contribution in [0.4, 0.5) is 0 Å². The Hall–Kier alpha value is -0.890. The molecule has 0 amide bonds. The van der Waals surface area contributed by atoms with Crippen LogP contribution in [0.15, 0.2) is 0 Å². The smallest absolute Gasteiger partial charge is 0.338 e. The lowest BCUT2D eigenvalue weighted by Gasteiger charge is -2.40. The van der Waals surface area contributed by atoms with E-state index in [2.05, 4.69) is 4.74 Å². The van der Waals surface area contributed by atoms with E-state index in [0.29, 0.717) is 0 Å². The Balaban J connectivity index is 1.95. The van der Waals surface area contributed by atoms with Gasteiger partial charge in [0.2, 0.25) is 0 Å². The van der Waals surface area contributed by atoms with Crippen molar-refractivity contribution in [2.45, 2.75) is 55.1 Å². The van der Waals surface area contributed by atoms with E-state index in [4.69, 9.17) is 14.6 Å². The van der Waals surface area contributed by atoms with Crippen molar-refractivity contribution in [1.82, 2.24) is 0 Å². The van der Waals surface area contributed by atoms with Gasteiger partial charge in [-0.2, -0.15) is 0 Å². The summed E-state index contributed by atoms with van der Waals surface area (Å²) in [4.78, 5) is 11.3. The Bertz CT molecular complexity index is 416. The van der Waals surface area contributed by atoms with Crippen LogP contribution in [0.5, 0.6) is 0 Å². The number of hydrogen-bond donors (Lipinski definition) is 7. The molecule has 2 saturated heterocycles. The van der Waals surface area contributed by atoms with Gasteiger partial charge in [0.25, 0.3) is 0 Å². The van der Waals surface area contributed by atoms with E-state index in [0.717, 1.165) is 0 Å². The van der Waals surface area contributed by atoms with E-state index >= 15 is 0 Å². The SMILES string of the molecule is O=C1O[C@H](CO[C@H]2O[C@H](CO)[C@@H](O)[C@H](O)[C@@H]2O)[C@@H](O)[C@H](O)[C@H]1O. The molecule has 0 aliphatic carbocycles. The third kappa shape index (κ3) is 3.63. The number of hydrogen-bond acceptors (Lipinski definition) is 11. The summed E-state index contributed by atoms with van der Waals surface area (Å²) < 4.78 is 14.9. The van der Waals surface area contributed by atoms with Gasteiger partial charge in [-0.25, -0.2) is 4.79 Å². The molecule has 11 nitrogen and oxygen atoms in total. The maximum atomic E-state index is 11.3. The number of carbonyl (C=O) groups excluding carboxylic acids is 1. The zero-order valence-corrected chi connectivity index (χ0v) is 11.9. The minimum absolute atomic E-state index is 0.528. The third-order valence-corrected chi connectivity index (χ3v) is 3.84. The van der Waals surface area contributed by atoms with Gasteiger partial charge >= 0.3 is 5.97 Å². The molecule has 9 atom stereocenters. The lowest BCUT2D eigenvalue weighted by atomic mass is 9.99. The average Bonchev–Trinajstić information content (AvgIpc) is 2.54. The molecular formula is C12H20O11. The van der Waals surface area contributed by atoms with Gasteiger partial charge < -0.3 is 50.0 Å². The number of ether oxygens (including phenoxy) is 3. The van der Waals surface area contributed by atoms with E-state index in [1.807, 2.05) is 0 Å². The molecule has 11 heteroatoms. The van der Waals surface area contributed by atoms with Crippen molar-refractivity contribution in [3.05, 3.63) is 0 Å². The van der Waals surface area contributed by atoms with Crippen LogP contribution in [0.2, 0.25) is 0 Å². The highest BCUT2D eigenvalue weighted by atomic mass is 16.7. The van der Waals surface area contributed by atoms with Gasteiger partial charge in [-0.1, -0.05) is 0 Å². The number of aliphatic hydroxyl groups excluding tert-OH is 7. The van der Waals surface area contributed by atoms with Crippen molar-refractivity contribution in [2.24, 2.45) is 0 Å². The lowest BCUT2D eigenvalue weighted by molar-refractivity contribution is -0.308. The summed E-state index contributed by atoms with van der Waals surface area (Å²) in [5.41, 5.74) is 0. The topological polar surface area (TPSA) is 186 Å². The lowest BCUT2D eigenvalue weighted by Crippen LogP contribution is -2.60. The highest BCUT2D eigenvalue weighted by Crippen LogP contribution is 2.23. The van der Waals surface area contributed by atoms with Gasteiger partial charge in [-0.05, 0) is 0 Å². The Labute approximate surface area is 130 Å². The van der Waals surface area contributed by atoms with E-state index < -0.39 is 74.3 Å². The van der Waals surface area contributed by atoms with Crippen molar-refractivity contribution < 1.29 is 54.8 Å². The molecule has 2 heterocycles. The fraction of sp³-hybridized carbons (Fsp3) is 0.917. The summed E-state index contributed by atoms with van der Waals surface area (Å²) in [6, 6.07) is 0. The number of esters is 1. The standard InChI is InChI=1S/C12H20O11/c13-1-3-5(14)8(17)10(19)12(23-3)21-2-4-6(15)7(16)9(18)11(20)22-4/h3-10,12-19H,1-2H2/t3-,4-,5-,6-,7+,8+,9-,10+,12+/m1/s1. The second-order valence-electron chi connectivity index (χ2n) is 5.43. The summed E-state index contributed by atoms with van der Waals surface area (Å²) in [5, 5.41) is 66.5. The van der Waals surface area contributed by atoms with Crippen LogP contribution in [0, 0.1) is 0 Å². The Morgan fingerprint density at radius 2 is 1.48 bits per heavy atom. The van der Waals surface area contributed by atoms with Crippen molar-refractivity contribution in [3.63, 3.8) is 0 Å². The third-order valence-electron chi connectivity index (χ3n) is 3.84. The first-order valence-electron chi connectivity index (χ1n) is 6.94. The van der Waals surface area contributed by atoms with Crippen LogP contribution < -0.4 is 0 Å². The Kier molecular flexibility index (Phi) is 5.89. The molecule has 2 rings (SSSR count). The molecule has 0 unspecified atom stereocenters. The summed E-state index contributed by atoms with van der Waals surface area (Å²) in [6.45, 7) is -1.17. The molecule has 134 valence electrons. The molecular weight excluding hydrogens is 320 g/mol. The van der Waals surface area contributed by atoms with E-state index in [1.165, 1.54) is 0 Å².